The van der Waals surface area contributed by atoms with Crippen LogP contribution in [0.15, 0.2) is 4.42 Å². The molecule has 1 aromatic rings. The van der Waals surface area contributed by atoms with E-state index in [0.29, 0.717) is 0 Å². The van der Waals surface area contributed by atoms with Gasteiger partial charge in [-0.25, -0.2) is 4.98 Å². The number of oxazole rings is 1. The molecule has 0 aliphatic rings. The van der Waals surface area contributed by atoms with Crippen LogP contribution in [0.25, 0.3) is 0 Å². The van der Waals surface area contributed by atoms with Gasteiger partial charge in [0.25, 0.3) is 0 Å². The lowest BCUT2D eigenvalue weighted by Gasteiger charge is -1.85. The average molecular weight is 125 g/mol. The molecule has 0 N–H and O–H groups in total. The standard InChI is InChI=1S/C7H11NO/c1-4-7-5(2)8-6(3)9-7/h4H2,1-3H3. The van der Waals surface area contributed by atoms with Crippen molar-refractivity contribution in [1.82, 2.24) is 4.98 Å². The Bertz CT molecular complexity index is 203. The van der Waals surface area contributed by atoms with Gasteiger partial charge in [-0.15, -0.1) is 0 Å². The van der Waals surface area contributed by atoms with Crippen LogP contribution in [0.2, 0.25) is 0 Å². The maximum absolute atomic E-state index is 5.25. The van der Waals surface area contributed by atoms with Crippen molar-refractivity contribution in [2.45, 2.75) is 27.2 Å². The van der Waals surface area contributed by atoms with E-state index < -0.39 is 0 Å². The summed E-state index contributed by atoms with van der Waals surface area (Å²) in [6.45, 7) is 5.90. The van der Waals surface area contributed by atoms with Crippen molar-refractivity contribution in [1.29, 1.82) is 0 Å². The third-order valence-corrected chi connectivity index (χ3v) is 1.32. The van der Waals surface area contributed by atoms with Gasteiger partial charge in [0, 0.05) is 13.3 Å². The molecule has 0 spiro atoms. The van der Waals surface area contributed by atoms with Crippen molar-refractivity contribution in [2.24, 2.45) is 0 Å². The van der Waals surface area contributed by atoms with Crippen LogP contribution in [0, 0.1) is 13.8 Å². The molecule has 0 unspecified atom stereocenters. The van der Waals surface area contributed by atoms with E-state index in [-0.39, 0.29) is 0 Å². The molecular formula is C7H11NO. The van der Waals surface area contributed by atoms with Crippen LogP contribution in [0.3, 0.4) is 0 Å². The van der Waals surface area contributed by atoms with Gasteiger partial charge >= 0.3 is 0 Å². The number of aromatic nitrogens is 1. The zero-order valence-electron chi connectivity index (χ0n) is 6.06. The minimum absolute atomic E-state index is 0.768. The first kappa shape index (κ1) is 6.33. The van der Waals surface area contributed by atoms with E-state index >= 15 is 0 Å². The highest BCUT2D eigenvalue weighted by molar-refractivity contribution is 5.06. The Labute approximate surface area is 54.9 Å². The molecule has 0 amide bonds. The average Bonchev–Trinajstić information content (AvgIpc) is 2.10. The Morgan fingerprint density at radius 1 is 1.44 bits per heavy atom. The van der Waals surface area contributed by atoms with Crippen LogP contribution in [-0.2, 0) is 6.42 Å². The summed E-state index contributed by atoms with van der Waals surface area (Å²) in [7, 11) is 0. The Morgan fingerprint density at radius 3 is 2.33 bits per heavy atom. The van der Waals surface area contributed by atoms with Crippen molar-refractivity contribution in [2.75, 3.05) is 0 Å². The first-order chi connectivity index (χ1) is 4.24. The van der Waals surface area contributed by atoms with E-state index in [4.69, 9.17) is 4.42 Å². The lowest BCUT2D eigenvalue weighted by atomic mass is 10.3. The van der Waals surface area contributed by atoms with Crippen molar-refractivity contribution in [3.63, 3.8) is 0 Å². The van der Waals surface area contributed by atoms with Gasteiger partial charge < -0.3 is 4.42 Å². The molecule has 1 rings (SSSR count). The highest BCUT2D eigenvalue weighted by Crippen LogP contribution is 2.08. The summed E-state index contributed by atoms with van der Waals surface area (Å²) < 4.78 is 5.25. The monoisotopic (exact) mass is 125 g/mol. The lowest BCUT2D eigenvalue weighted by molar-refractivity contribution is 0.478. The fraction of sp³-hybridized carbons (Fsp3) is 0.571. The molecule has 2 nitrogen and oxygen atoms in total. The summed E-state index contributed by atoms with van der Waals surface area (Å²) in [6.07, 6.45) is 0.937. The summed E-state index contributed by atoms with van der Waals surface area (Å²) >= 11 is 0. The molecule has 0 aliphatic carbocycles. The zero-order valence-corrected chi connectivity index (χ0v) is 6.06. The molecule has 0 radical (unpaired) electrons. The number of hydrogen-bond donors (Lipinski definition) is 0. The van der Waals surface area contributed by atoms with E-state index in [1.54, 1.807) is 0 Å². The molecule has 1 aromatic heterocycles. The summed E-state index contributed by atoms with van der Waals surface area (Å²) in [5, 5.41) is 0. The van der Waals surface area contributed by atoms with Crippen LogP contribution in [0.5, 0.6) is 0 Å². The molecule has 0 saturated carbocycles. The van der Waals surface area contributed by atoms with Gasteiger partial charge in [0.2, 0.25) is 0 Å². The van der Waals surface area contributed by atoms with E-state index in [2.05, 4.69) is 11.9 Å². The zero-order chi connectivity index (χ0) is 6.85. The van der Waals surface area contributed by atoms with Crippen molar-refractivity contribution in [3.8, 4) is 0 Å². The Kier molecular flexibility index (Phi) is 1.56. The van der Waals surface area contributed by atoms with Crippen molar-refractivity contribution >= 4 is 0 Å². The molecule has 0 bridgehead atoms. The fourth-order valence-corrected chi connectivity index (χ4v) is 0.901. The van der Waals surface area contributed by atoms with E-state index in [1.165, 1.54) is 0 Å². The predicted octanol–water partition coefficient (Wildman–Crippen LogP) is 1.85. The van der Waals surface area contributed by atoms with Crippen molar-refractivity contribution in [3.05, 3.63) is 17.3 Å². The molecule has 1 heterocycles. The Balaban J connectivity index is 3.01. The predicted molar refractivity (Wildman–Crippen MR) is 35.4 cm³/mol. The first-order valence-electron chi connectivity index (χ1n) is 3.17. The second-order valence-corrected chi connectivity index (χ2v) is 2.10. The van der Waals surface area contributed by atoms with Crippen LogP contribution in [0.1, 0.15) is 24.3 Å². The molecular weight excluding hydrogens is 114 g/mol. The molecule has 0 aromatic carbocycles. The second-order valence-electron chi connectivity index (χ2n) is 2.10. The third kappa shape index (κ3) is 1.12. The summed E-state index contributed by atoms with van der Waals surface area (Å²) in [5.74, 6) is 1.77. The van der Waals surface area contributed by atoms with Gasteiger partial charge in [0.05, 0.1) is 5.69 Å². The maximum Gasteiger partial charge on any atom is 0.191 e. The summed E-state index contributed by atoms with van der Waals surface area (Å²) in [6, 6.07) is 0. The van der Waals surface area contributed by atoms with E-state index in [0.717, 1.165) is 23.8 Å². The highest BCUT2D eigenvalue weighted by Gasteiger charge is 2.01. The Hall–Kier alpha value is -0.790. The topological polar surface area (TPSA) is 26.0 Å². The number of hydrogen-bond acceptors (Lipinski definition) is 2. The van der Waals surface area contributed by atoms with Crippen LogP contribution in [-0.4, -0.2) is 4.98 Å². The normalized spacial score (nSPS) is 10.1. The van der Waals surface area contributed by atoms with Gasteiger partial charge in [-0.1, -0.05) is 6.92 Å². The minimum atomic E-state index is 0.768. The minimum Gasteiger partial charge on any atom is -0.446 e. The molecule has 2 heteroatoms. The largest absolute Gasteiger partial charge is 0.446 e. The van der Waals surface area contributed by atoms with Crippen LogP contribution < -0.4 is 0 Å². The summed E-state index contributed by atoms with van der Waals surface area (Å²) in [4.78, 5) is 4.12. The third-order valence-electron chi connectivity index (χ3n) is 1.32. The van der Waals surface area contributed by atoms with Gasteiger partial charge in [0.1, 0.15) is 5.76 Å². The number of aryl methyl sites for hydroxylation is 3. The maximum atomic E-state index is 5.25. The quantitative estimate of drug-likeness (QED) is 0.572. The smallest absolute Gasteiger partial charge is 0.191 e. The molecule has 0 atom stereocenters. The highest BCUT2D eigenvalue weighted by atomic mass is 16.4. The SMILES string of the molecule is CCc1oc(C)nc1C. The Morgan fingerprint density at radius 2 is 2.11 bits per heavy atom. The number of rotatable bonds is 1. The van der Waals surface area contributed by atoms with Crippen LogP contribution in [0.4, 0.5) is 0 Å². The first-order valence-corrected chi connectivity index (χ1v) is 3.17. The van der Waals surface area contributed by atoms with E-state index in [9.17, 15) is 0 Å². The molecule has 0 saturated heterocycles. The van der Waals surface area contributed by atoms with Gasteiger partial charge in [-0.05, 0) is 6.92 Å². The van der Waals surface area contributed by atoms with Gasteiger partial charge in [-0.2, -0.15) is 0 Å². The lowest BCUT2D eigenvalue weighted by Crippen LogP contribution is -1.78. The fourth-order valence-electron chi connectivity index (χ4n) is 0.901. The van der Waals surface area contributed by atoms with Gasteiger partial charge in [0.15, 0.2) is 5.89 Å². The number of nitrogens with zero attached hydrogens (tertiary/aromatic N) is 1. The van der Waals surface area contributed by atoms with Gasteiger partial charge in [-0.3, -0.25) is 0 Å². The van der Waals surface area contributed by atoms with E-state index in [1.807, 2.05) is 13.8 Å². The molecule has 9 heavy (non-hydrogen) atoms. The molecule has 0 aliphatic heterocycles. The molecule has 0 fully saturated rings. The van der Waals surface area contributed by atoms with Crippen LogP contribution >= 0.6 is 0 Å². The van der Waals surface area contributed by atoms with Crippen molar-refractivity contribution < 1.29 is 4.42 Å². The molecule has 50 valence electrons. The summed E-state index contributed by atoms with van der Waals surface area (Å²) in [5.41, 5.74) is 1.02. The second kappa shape index (κ2) is 2.21.